The van der Waals surface area contributed by atoms with Gasteiger partial charge in [0.2, 0.25) is 0 Å². The highest BCUT2D eigenvalue weighted by Crippen LogP contribution is 2.47. The van der Waals surface area contributed by atoms with Gasteiger partial charge in [-0.2, -0.15) is 0 Å². The van der Waals surface area contributed by atoms with E-state index in [-0.39, 0.29) is 5.97 Å². The van der Waals surface area contributed by atoms with Crippen molar-refractivity contribution >= 4 is 21.9 Å². The first kappa shape index (κ1) is 23.0. The lowest BCUT2D eigenvalue weighted by Gasteiger charge is -2.07. The molecule has 0 saturated heterocycles. The molecular formula is C23H35BrO2. The Morgan fingerprint density at radius 3 is 2.77 bits per heavy atom. The summed E-state index contributed by atoms with van der Waals surface area (Å²) >= 11 is 3.15. The first-order valence-corrected chi connectivity index (χ1v) is 10.8. The maximum atomic E-state index is 11.1. The van der Waals surface area contributed by atoms with Gasteiger partial charge < -0.3 is 4.74 Å². The van der Waals surface area contributed by atoms with Crippen LogP contribution in [0.25, 0.3) is 0 Å². The van der Waals surface area contributed by atoms with Crippen molar-refractivity contribution in [3.8, 4) is 10.8 Å². The predicted molar refractivity (Wildman–Crippen MR) is 114 cm³/mol. The van der Waals surface area contributed by atoms with Gasteiger partial charge in [0.05, 0.1) is 7.11 Å². The molecule has 0 radical (unpaired) electrons. The highest BCUT2D eigenvalue weighted by molar-refractivity contribution is 9.12. The number of carbonyl (C=O) groups is 1. The smallest absolute Gasteiger partial charge is 0.305 e. The van der Waals surface area contributed by atoms with Crippen LogP contribution in [0.2, 0.25) is 0 Å². The summed E-state index contributed by atoms with van der Waals surface area (Å²) in [6, 6.07) is 0. The van der Waals surface area contributed by atoms with Gasteiger partial charge in [-0.3, -0.25) is 4.79 Å². The molecule has 0 aromatic heterocycles. The minimum atomic E-state index is -0.0822. The molecule has 0 amide bonds. The molecular weight excluding hydrogens is 388 g/mol. The van der Waals surface area contributed by atoms with Crippen LogP contribution >= 0.6 is 15.9 Å². The third-order valence-electron chi connectivity index (χ3n) is 5.42. The average molecular weight is 423 g/mol. The van der Waals surface area contributed by atoms with Gasteiger partial charge in [0.25, 0.3) is 0 Å². The Kier molecular flexibility index (Phi) is 11.7. The number of hydrogen-bond donors (Lipinski definition) is 0. The van der Waals surface area contributed by atoms with Gasteiger partial charge >= 0.3 is 5.97 Å². The number of methoxy groups -OCH3 is 1. The van der Waals surface area contributed by atoms with E-state index in [0.717, 1.165) is 31.1 Å². The lowest BCUT2D eigenvalue weighted by atomic mass is 9.98. The summed E-state index contributed by atoms with van der Waals surface area (Å²) in [5.41, 5.74) is 1.46. The van der Waals surface area contributed by atoms with Gasteiger partial charge in [-0.15, -0.1) is 0 Å². The number of esters is 1. The van der Waals surface area contributed by atoms with Crippen LogP contribution in [0.1, 0.15) is 72.1 Å². The molecule has 1 aliphatic carbocycles. The van der Waals surface area contributed by atoms with E-state index < -0.39 is 0 Å². The van der Waals surface area contributed by atoms with Crippen LogP contribution in [-0.4, -0.2) is 13.1 Å². The molecule has 2 unspecified atom stereocenters. The van der Waals surface area contributed by atoms with Gasteiger partial charge in [0, 0.05) is 28.8 Å². The van der Waals surface area contributed by atoms with E-state index in [2.05, 4.69) is 65.7 Å². The highest BCUT2D eigenvalue weighted by Gasteiger charge is 2.39. The monoisotopic (exact) mass is 422 g/mol. The van der Waals surface area contributed by atoms with E-state index in [1.54, 1.807) is 0 Å². The molecule has 1 saturated carbocycles. The molecule has 26 heavy (non-hydrogen) atoms. The predicted octanol–water partition coefficient (Wildman–Crippen LogP) is 6.66. The summed E-state index contributed by atoms with van der Waals surface area (Å²) in [6.07, 6.45) is 15.5. The highest BCUT2D eigenvalue weighted by atomic mass is 79.9. The fraction of sp³-hybridized carbons (Fsp3) is 0.696. The fourth-order valence-corrected chi connectivity index (χ4v) is 3.68. The van der Waals surface area contributed by atoms with Crippen molar-refractivity contribution in [1.29, 1.82) is 0 Å². The summed E-state index contributed by atoms with van der Waals surface area (Å²) in [4.78, 5) is 13.9. The van der Waals surface area contributed by atoms with Gasteiger partial charge in [0.1, 0.15) is 0 Å². The number of rotatable bonds is 12. The zero-order chi connectivity index (χ0) is 19.4. The number of ether oxygens (including phenoxy) is 1. The van der Waals surface area contributed by atoms with Crippen LogP contribution in [-0.2, 0) is 9.53 Å². The largest absolute Gasteiger partial charge is 0.469 e. The van der Waals surface area contributed by atoms with Gasteiger partial charge in [-0.05, 0) is 73.9 Å². The van der Waals surface area contributed by atoms with Crippen molar-refractivity contribution in [1.82, 2.24) is 0 Å². The molecule has 3 heteroatoms. The Balaban J connectivity index is 2.18. The first-order chi connectivity index (χ1) is 12.5. The lowest BCUT2D eigenvalue weighted by Crippen LogP contribution is -2.00. The Hall–Kier alpha value is -1.01. The summed E-state index contributed by atoms with van der Waals surface area (Å²) in [7, 11) is 1.46. The SMILES string of the molecule is COC(=O)CCC[C@H]1C[C@@H]1C(C)/C=C/C=C(\C)CCCC(C)CC#CBr. The molecule has 1 rings (SSSR count). The van der Waals surface area contributed by atoms with Crippen LogP contribution < -0.4 is 0 Å². The molecule has 1 fully saturated rings. The van der Waals surface area contributed by atoms with Gasteiger partial charge in [0.15, 0.2) is 0 Å². The molecule has 0 aliphatic heterocycles. The van der Waals surface area contributed by atoms with Crippen LogP contribution in [0, 0.1) is 34.4 Å². The molecule has 0 bridgehead atoms. The lowest BCUT2D eigenvalue weighted by molar-refractivity contribution is -0.140. The Morgan fingerprint density at radius 1 is 1.31 bits per heavy atom. The molecule has 0 N–H and O–H groups in total. The molecule has 0 aromatic rings. The molecule has 2 nitrogen and oxygen atoms in total. The second kappa shape index (κ2) is 13.2. The number of carbonyl (C=O) groups excluding carboxylic acids is 1. The van der Waals surface area contributed by atoms with E-state index in [1.807, 2.05) is 0 Å². The van der Waals surface area contributed by atoms with Gasteiger partial charge in [-0.25, -0.2) is 0 Å². The van der Waals surface area contributed by atoms with E-state index in [9.17, 15) is 4.79 Å². The Morgan fingerprint density at radius 2 is 2.08 bits per heavy atom. The first-order valence-electron chi connectivity index (χ1n) is 9.97. The van der Waals surface area contributed by atoms with E-state index in [0.29, 0.717) is 18.3 Å². The molecule has 1 aliphatic rings. The van der Waals surface area contributed by atoms with Crippen LogP contribution in [0.5, 0.6) is 0 Å². The Labute approximate surface area is 169 Å². The Bertz CT molecular complexity index is 538. The molecule has 0 heterocycles. The van der Waals surface area contributed by atoms with E-state index in [1.165, 1.54) is 38.4 Å². The van der Waals surface area contributed by atoms with Crippen LogP contribution in [0.15, 0.2) is 23.8 Å². The van der Waals surface area contributed by atoms with Crippen molar-refractivity contribution in [3.05, 3.63) is 23.8 Å². The minimum Gasteiger partial charge on any atom is -0.469 e. The number of allylic oxidation sites excluding steroid dienone is 4. The van der Waals surface area contributed by atoms with Gasteiger partial charge in [-0.1, -0.05) is 43.6 Å². The summed E-state index contributed by atoms with van der Waals surface area (Å²) in [5.74, 6) is 5.91. The maximum absolute atomic E-state index is 11.1. The molecule has 0 spiro atoms. The average Bonchev–Trinajstić information content (AvgIpc) is 3.39. The maximum Gasteiger partial charge on any atom is 0.305 e. The standard InChI is InChI=1S/C23H35BrO2/c1-18(9-5-10-19(2)12-8-16-24)11-6-13-20(3)22-17-21(22)14-7-15-23(25)26-4/h6,11,13,19-22H,5,7,9-10,12,14-15,17H2,1-4H3/b13-6+,18-11+/t19?,20?,21-,22+/m0/s1. The second-order valence-electron chi connectivity index (χ2n) is 7.86. The van der Waals surface area contributed by atoms with E-state index >= 15 is 0 Å². The van der Waals surface area contributed by atoms with Crippen LogP contribution in [0.3, 0.4) is 0 Å². The third-order valence-corrected chi connectivity index (χ3v) is 5.70. The van der Waals surface area contributed by atoms with Crippen molar-refractivity contribution < 1.29 is 9.53 Å². The van der Waals surface area contributed by atoms with Crippen molar-refractivity contribution in [2.24, 2.45) is 23.7 Å². The molecule has 146 valence electrons. The normalized spacial score (nSPS) is 21.8. The molecule has 0 aromatic carbocycles. The number of halogens is 1. The van der Waals surface area contributed by atoms with Crippen molar-refractivity contribution in [3.63, 3.8) is 0 Å². The van der Waals surface area contributed by atoms with Crippen LogP contribution in [0.4, 0.5) is 0 Å². The third kappa shape index (κ3) is 10.2. The zero-order valence-electron chi connectivity index (χ0n) is 16.9. The van der Waals surface area contributed by atoms with Crippen molar-refractivity contribution in [2.75, 3.05) is 7.11 Å². The summed E-state index contributed by atoms with van der Waals surface area (Å²) in [5, 5.41) is 0. The van der Waals surface area contributed by atoms with E-state index in [4.69, 9.17) is 4.74 Å². The second-order valence-corrected chi connectivity index (χ2v) is 8.25. The zero-order valence-corrected chi connectivity index (χ0v) is 18.5. The topological polar surface area (TPSA) is 26.3 Å². The summed E-state index contributed by atoms with van der Waals surface area (Å²) < 4.78 is 4.70. The quantitative estimate of drug-likeness (QED) is 0.199. The summed E-state index contributed by atoms with van der Waals surface area (Å²) in [6.45, 7) is 6.82. The minimum absolute atomic E-state index is 0.0822. The van der Waals surface area contributed by atoms with Crippen molar-refractivity contribution in [2.45, 2.75) is 72.1 Å². The number of hydrogen-bond acceptors (Lipinski definition) is 2. The fourth-order valence-electron chi connectivity index (χ4n) is 3.52. The molecule has 4 atom stereocenters.